The Balaban J connectivity index is 1.67. The molecule has 7 heteroatoms. The number of fused-ring (bicyclic) bond motifs is 1. The Kier molecular flexibility index (Phi) is 4.65. The minimum atomic E-state index is -0.510. The summed E-state index contributed by atoms with van der Waals surface area (Å²) in [4.78, 5) is 39.2. The number of carbonyl (C=O) groups is 3. The third-order valence-electron chi connectivity index (χ3n) is 4.88. The topological polar surface area (TPSA) is 79.0 Å². The first-order chi connectivity index (χ1) is 11.9. The van der Waals surface area contributed by atoms with Crippen molar-refractivity contribution in [3.63, 3.8) is 0 Å². The molecule has 0 saturated carbocycles. The highest BCUT2D eigenvalue weighted by Crippen LogP contribution is 2.35. The molecular formula is C18H23N3O4. The number of anilines is 2. The highest BCUT2D eigenvalue weighted by Gasteiger charge is 2.30. The minimum Gasteiger partial charge on any atom is -0.479 e. The molecule has 0 aliphatic carbocycles. The lowest BCUT2D eigenvalue weighted by molar-refractivity contribution is -0.132. The molecule has 7 nitrogen and oxygen atoms in total. The Morgan fingerprint density at radius 3 is 2.56 bits per heavy atom. The summed E-state index contributed by atoms with van der Waals surface area (Å²) in [7, 11) is 1.70. The van der Waals surface area contributed by atoms with Crippen LogP contribution in [0.5, 0.6) is 5.75 Å². The van der Waals surface area contributed by atoms with Crippen molar-refractivity contribution in [2.45, 2.75) is 32.8 Å². The van der Waals surface area contributed by atoms with E-state index in [9.17, 15) is 14.4 Å². The zero-order chi connectivity index (χ0) is 18.1. The van der Waals surface area contributed by atoms with Crippen LogP contribution in [0.4, 0.5) is 11.4 Å². The van der Waals surface area contributed by atoms with Gasteiger partial charge in [0, 0.05) is 38.7 Å². The van der Waals surface area contributed by atoms with E-state index >= 15 is 0 Å². The summed E-state index contributed by atoms with van der Waals surface area (Å²) in [5, 5.41) is 2.92. The fraction of sp³-hybridized carbons (Fsp3) is 0.500. The van der Waals surface area contributed by atoms with Crippen molar-refractivity contribution in [1.82, 2.24) is 4.90 Å². The molecule has 0 aromatic heterocycles. The largest absolute Gasteiger partial charge is 0.479 e. The summed E-state index contributed by atoms with van der Waals surface area (Å²) < 4.78 is 5.58. The zero-order valence-electron chi connectivity index (χ0n) is 14.7. The fourth-order valence-electron chi connectivity index (χ4n) is 3.29. The second-order valence-electron chi connectivity index (χ2n) is 6.61. The van der Waals surface area contributed by atoms with Crippen molar-refractivity contribution >= 4 is 29.1 Å². The van der Waals surface area contributed by atoms with Gasteiger partial charge in [0.1, 0.15) is 5.75 Å². The van der Waals surface area contributed by atoms with Crippen LogP contribution in [-0.2, 0) is 14.4 Å². The number of rotatable bonds is 2. The predicted molar refractivity (Wildman–Crippen MR) is 93.5 cm³/mol. The molecule has 1 N–H and O–H groups in total. The predicted octanol–water partition coefficient (Wildman–Crippen LogP) is 1.63. The monoisotopic (exact) mass is 345 g/mol. The SMILES string of the molecule is CC(=O)N1CCC(C(=O)Nc2ccc3c(c2)N(C)C(=O)C(C)O3)CC1. The average molecular weight is 345 g/mol. The van der Waals surface area contributed by atoms with Gasteiger partial charge in [0.15, 0.2) is 6.10 Å². The number of ether oxygens (including phenoxy) is 1. The number of piperidine rings is 1. The summed E-state index contributed by atoms with van der Waals surface area (Å²) in [6.07, 6.45) is 0.814. The van der Waals surface area contributed by atoms with Crippen LogP contribution in [0, 0.1) is 5.92 Å². The van der Waals surface area contributed by atoms with E-state index in [1.54, 1.807) is 48.9 Å². The maximum atomic E-state index is 12.5. The molecule has 1 aromatic carbocycles. The van der Waals surface area contributed by atoms with Gasteiger partial charge < -0.3 is 19.9 Å². The number of amides is 3. The standard InChI is InChI=1S/C18H23N3O4/c1-11-18(24)20(3)15-10-14(4-5-16(15)25-11)19-17(23)13-6-8-21(9-7-13)12(2)22/h4-5,10-11,13H,6-9H2,1-3H3,(H,19,23). The van der Waals surface area contributed by atoms with Gasteiger partial charge in [-0.1, -0.05) is 0 Å². The first-order valence-corrected chi connectivity index (χ1v) is 8.51. The summed E-state index contributed by atoms with van der Waals surface area (Å²) in [5.41, 5.74) is 1.28. The van der Waals surface area contributed by atoms with Crippen molar-refractivity contribution in [3.05, 3.63) is 18.2 Å². The number of hydrogen-bond acceptors (Lipinski definition) is 4. The first kappa shape index (κ1) is 17.3. The molecule has 134 valence electrons. The number of hydrogen-bond donors (Lipinski definition) is 1. The van der Waals surface area contributed by atoms with Gasteiger partial charge in [-0.05, 0) is 38.0 Å². The van der Waals surface area contributed by atoms with Crippen LogP contribution in [-0.4, -0.2) is 48.9 Å². The Bertz CT molecular complexity index is 710. The summed E-state index contributed by atoms with van der Waals surface area (Å²) >= 11 is 0. The smallest absolute Gasteiger partial charge is 0.267 e. The van der Waals surface area contributed by atoms with Crippen LogP contribution in [0.25, 0.3) is 0 Å². The first-order valence-electron chi connectivity index (χ1n) is 8.51. The van der Waals surface area contributed by atoms with E-state index in [2.05, 4.69) is 5.32 Å². The molecule has 0 bridgehead atoms. The van der Waals surface area contributed by atoms with Crippen LogP contribution in [0.15, 0.2) is 18.2 Å². The van der Waals surface area contributed by atoms with Crippen LogP contribution in [0.1, 0.15) is 26.7 Å². The van der Waals surface area contributed by atoms with E-state index in [0.717, 1.165) is 0 Å². The van der Waals surface area contributed by atoms with Crippen LogP contribution in [0.2, 0.25) is 0 Å². The number of benzene rings is 1. The van der Waals surface area contributed by atoms with Gasteiger partial charge in [0.2, 0.25) is 11.8 Å². The van der Waals surface area contributed by atoms with E-state index in [1.165, 1.54) is 0 Å². The van der Waals surface area contributed by atoms with E-state index in [-0.39, 0.29) is 23.6 Å². The number of nitrogens with one attached hydrogen (secondary N) is 1. The van der Waals surface area contributed by atoms with E-state index in [4.69, 9.17) is 4.74 Å². The lowest BCUT2D eigenvalue weighted by Gasteiger charge is -2.31. The quantitative estimate of drug-likeness (QED) is 0.883. The van der Waals surface area contributed by atoms with E-state index in [1.807, 2.05) is 0 Å². The van der Waals surface area contributed by atoms with Gasteiger partial charge in [-0.2, -0.15) is 0 Å². The molecule has 2 heterocycles. The molecular weight excluding hydrogens is 322 g/mol. The Morgan fingerprint density at radius 2 is 1.92 bits per heavy atom. The molecule has 3 rings (SSSR count). The highest BCUT2D eigenvalue weighted by atomic mass is 16.5. The molecule has 1 atom stereocenters. The van der Waals surface area contributed by atoms with Crippen LogP contribution >= 0.6 is 0 Å². The van der Waals surface area contributed by atoms with Crippen molar-refractivity contribution in [2.75, 3.05) is 30.4 Å². The lowest BCUT2D eigenvalue weighted by atomic mass is 9.95. The second-order valence-corrected chi connectivity index (χ2v) is 6.61. The molecule has 0 radical (unpaired) electrons. The molecule has 1 aromatic rings. The Hall–Kier alpha value is -2.57. The van der Waals surface area contributed by atoms with Crippen molar-refractivity contribution < 1.29 is 19.1 Å². The average Bonchev–Trinajstić information content (AvgIpc) is 2.60. The fourth-order valence-corrected chi connectivity index (χ4v) is 3.29. The van der Waals surface area contributed by atoms with Crippen molar-refractivity contribution in [1.29, 1.82) is 0 Å². The van der Waals surface area contributed by atoms with Gasteiger partial charge in [-0.15, -0.1) is 0 Å². The summed E-state index contributed by atoms with van der Waals surface area (Å²) in [6, 6.07) is 5.29. The molecule has 2 aliphatic rings. The van der Waals surface area contributed by atoms with Gasteiger partial charge >= 0.3 is 0 Å². The molecule has 0 spiro atoms. The maximum absolute atomic E-state index is 12.5. The number of carbonyl (C=O) groups excluding carboxylic acids is 3. The van der Waals surface area contributed by atoms with Gasteiger partial charge in [0.25, 0.3) is 5.91 Å². The third kappa shape index (κ3) is 3.45. The minimum absolute atomic E-state index is 0.0514. The summed E-state index contributed by atoms with van der Waals surface area (Å²) in [6.45, 7) is 4.49. The van der Waals surface area contributed by atoms with Crippen molar-refractivity contribution in [2.24, 2.45) is 5.92 Å². The van der Waals surface area contributed by atoms with Gasteiger partial charge in [0.05, 0.1) is 5.69 Å². The second kappa shape index (κ2) is 6.74. The van der Waals surface area contributed by atoms with Crippen LogP contribution < -0.4 is 15.0 Å². The van der Waals surface area contributed by atoms with Gasteiger partial charge in [-0.25, -0.2) is 0 Å². The third-order valence-corrected chi connectivity index (χ3v) is 4.88. The molecule has 1 saturated heterocycles. The number of likely N-dealkylation sites (tertiary alicyclic amines) is 1. The molecule has 3 amide bonds. The lowest BCUT2D eigenvalue weighted by Crippen LogP contribution is -2.42. The zero-order valence-corrected chi connectivity index (χ0v) is 14.7. The van der Waals surface area contributed by atoms with Crippen molar-refractivity contribution in [3.8, 4) is 5.75 Å². The number of nitrogens with zero attached hydrogens (tertiary/aromatic N) is 2. The molecule has 25 heavy (non-hydrogen) atoms. The van der Waals surface area contributed by atoms with Crippen LogP contribution in [0.3, 0.4) is 0 Å². The molecule has 1 unspecified atom stereocenters. The van der Waals surface area contributed by atoms with E-state index in [0.29, 0.717) is 43.1 Å². The molecule has 1 fully saturated rings. The number of likely N-dealkylation sites (N-methyl/N-ethyl adjacent to an activating group) is 1. The Morgan fingerprint density at radius 1 is 1.24 bits per heavy atom. The highest BCUT2D eigenvalue weighted by molar-refractivity contribution is 6.01. The molecule has 2 aliphatic heterocycles. The van der Waals surface area contributed by atoms with Gasteiger partial charge in [-0.3, -0.25) is 14.4 Å². The normalized spacial score (nSPS) is 20.8. The maximum Gasteiger partial charge on any atom is 0.267 e. The van der Waals surface area contributed by atoms with E-state index < -0.39 is 6.10 Å². The Labute approximate surface area is 146 Å². The summed E-state index contributed by atoms with van der Waals surface area (Å²) in [5.74, 6) is 0.398.